The van der Waals surface area contributed by atoms with Gasteiger partial charge in [-0.3, -0.25) is 0 Å². The molecule has 6 heteroatoms. The van der Waals surface area contributed by atoms with Crippen LogP contribution in [0.5, 0.6) is 5.75 Å². The van der Waals surface area contributed by atoms with Gasteiger partial charge in [-0.2, -0.15) is 15.5 Å². The van der Waals surface area contributed by atoms with E-state index in [0.29, 0.717) is 35.5 Å². The van der Waals surface area contributed by atoms with E-state index in [4.69, 9.17) is 15.1 Å². The van der Waals surface area contributed by atoms with Crippen molar-refractivity contribution in [2.75, 3.05) is 6.61 Å². The molecule has 0 heterocycles. The first-order chi connectivity index (χ1) is 13.4. The van der Waals surface area contributed by atoms with Crippen LogP contribution in [0.25, 0.3) is 0 Å². The maximum Gasteiger partial charge on any atom is 0.330 e. The van der Waals surface area contributed by atoms with E-state index in [0.717, 1.165) is 11.3 Å². The van der Waals surface area contributed by atoms with Gasteiger partial charge in [0, 0.05) is 12.0 Å². The standard InChI is InChI=1S/C22H23N3O3/c1-15(2)20-13-19(25-24-18-8-6-17(14-23)7-9-18)10-11-21(20)28-12-4-5-16(3)22(26)27/h5-11,13,15H,4,12H2,1-3H3,(H,26,27). The predicted molar refractivity (Wildman–Crippen MR) is 107 cm³/mol. The second kappa shape index (κ2) is 10.0. The van der Waals surface area contributed by atoms with Crippen molar-refractivity contribution >= 4 is 17.3 Å². The molecule has 0 amide bonds. The van der Waals surface area contributed by atoms with Gasteiger partial charge in [-0.15, -0.1) is 0 Å². The molecule has 0 aliphatic heterocycles. The summed E-state index contributed by atoms with van der Waals surface area (Å²) in [6.07, 6.45) is 2.17. The molecule has 0 unspecified atom stereocenters. The molecular formula is C22H23N3O3. The Balaban J connectivity index is 2.09. The molecule has 2 aromatic rings. The number of nitriles is 1. The number of ether oxygens (including phenoxy) is 1. The predicted octanol–water partition coefficient (Wildman–Crippen LogP) is 5.90. The molecule has 0 atom stereocenters. The fourth-order valence-corrected chi connectivity index (χ4v) is 2.43. The summed E-state index contributed by atoms with van der Waals surface area (Å²) in [5.74, 6) is 0.0740. The molecular weight excluding hydrogens is 354 g/mol. The number of benzene rings is 2. The van der Waals surface area contributed by atoms with Gasteiger partial charge in [-0.05, 0) is 60.9 Å². The van der Waals surface area contributed by atoms with E-state index in [1.165, 1.54) is 0 Å². The first-order valence-corrected chi connectivity index (χ1v) is 8.99. The third-order valence-corrected chi connectivity index (χ3v) is 4.06. The Morgan fingerprint density at radius 2 is 1.82 bits per heavy atom. The summed E-state index contributed by atoms with van der Waals surface area (Å²) < 4.78 is 5.83. The molecule has 0 spiro atoms. The molecule has 0 aliphatic rings. The van der Waals surface area contributed by atoms with Crippen LogP contribution in [-0.2, 0) is 4.79 Å². The largest absolute Gasteiger partial charge is 0.493 e. The lowest BCUT2D eigenvalue weighted by molar-refractivity contribution is -0.132. The lowest BCUT2D eigenvalue weighted by Crippen LogP contribution is -2.02. The minimum absolute atomic E-state index is 0.233. The van der Waals surface area contributed by atoms with Gasteiger partial charge >= 0.3 is 5.97 Å². The highest BCUT2D eigenvalue weighted by atomic mass is 16.5. The van der Waals surface area contributed by atoms with E-state index in [9.17, 15) is 4.79 Å². The normalized spacial score (nSPS) is 11.6. The van der Waals surface area contributed by atoms with Crippen molar-refractivity contribution in [3.63, 3.8) is 0 Å². The zero-order valence-electron chi connectivity index (χ0n) is 16.2. The summed E-state index contributed by atoms with van der Waals surface area (Å²) in [6.45, 7) is 6.10. The molecule has 6 nitrogen and oxygen atoms in total. The van der Waals surface area contributed by atoms with Gasteiger partial charge in [-0.25, -0.2) is 4.79 Å². The van der Waals surface area contributed by atoms with E-state index in [2.05, 4.69) is 30.1 Å². The van der Waals surface area contributed by atoms with Crippen molar-refractivity contribution < 1.29 is 14.6 Å². The number of carbonyl (C=O) groups is 1. The van der Waals surface area contributed by atoms with Crippen LogP contribution < -0.4 is 4.74 Å². The van der Waals surface area contributed by atoms with E-state index in [-0.39, 0.29) is 5.92 Å². The fourth-order valence-electron chi connectivity index (χ4n) is 2.43. The molecule has 2 aromatic carbocycles. The maximum atomic E-state index is 10.8. The Hall–Kier alpha value is -3.46. The second-order valence-corrected chi connectivity index (χ2v) is 6.56. The lowest BCUT2D eigenvalue weighted by Gasteiger charge is -2.14. The van der Waals surface area contributed by atoms with Crippen molar-refractivity contribution in [2.45, 2.75) is 33.1 Å². The topological polar surface area (TPSA) is 95.0 Å². The summed E-state index contributed by atoms with van der Waals surface area (Å²) in [5.41, 5.74) is 3.28. The number of hydrogen-bond donors (Lipinski definition) is 1. The monoisotopic (exact) mass is 377 g/mol. The third kappa shape index (κ3) is 6.06. The summed E-state index contributed by atoms with van der Waals surface area (Å²) in [6, 6.07) is 14.6. The second-order valence-electron chi connectivity index (χ2n) is 6.56. The van der Waals surface area contributed by atoms with Crippen LogP contribution in [0.3, 0.4) is 0 Å². The van der Waals surface area contributed by atoms with E-state index < -0.39 is 5.97 Å². The van der Waals surface area contributed by atoms with Gasteiger partial charge in [0.1, 0.15) is 5.75 Å². The molecule has 144 valence electrons. The number of nitrogens with zero attached hydrogens (tertiary/aromatic N) is 3. The minimum Gasteiger partial charge on any atom is -0.493 e. The number of aliphatic carboxylic acids is 1. The Morgan fingerprint density at radius 1 is 1.18 bits per heavy atom. The van der Waals surface area contributed by atoms with Crippen molar-refractivity contribution in [3.8, 4) is 11.8 Å². The van der Waals surface area contributed by atoms with Crippen molar-refractivity contribution in [3.05, 3.63) is 65.2 Å². The highest BCUT2D eigenvalue weighted by Crippen LogP contribution is 2.31. The van der Waals surface area contributed by atoms with Gasteiger partial charge < -0.3 is 9.84 Å². The molecule has 0 aliphatic carbocycles. The maximum absolute atomic E-state index is 10.8. The van der Waals surface area contributed by atoms with Crippen LogP contribution in [-0.4, -0.2) is 17.7 Å². The molecule has 0 aromatic heterocycles. The summed E-state index contributed by atoms with van der Waals surface area (Å²) in [5, 5.41) is 26.2. The zero-order valence-corrected chi connectivity index (χ0v) is 16.2. The van der Waals surface area contributed by atoms with Crippen LogP contribution in [0.15, 0.2) is 64.3 Å². The molecule has 28 heavy (non-hydrogen) atoms. The average molecular weight is 377 g/mol. The van der Waals surface area contributed by atoms with E-state index in [1.807, 2.05) is 18.2 Å². The Morgan fingerprint density at radius 3 is 2.43 bits per heavy atom. The van der Waals surface area contributed by atoms with E-state index in [1.54, 1.807) is 37.3 Å². The molecule has 0 saturated heterocycles. The van der Waals surface area contributed by atoms with Crippen molar-refractivity contribution in [1.29, 1.82) is 5.26 Å². The SMILES string of the molecule is CC(=CCCOc1ccc(N=Nc2ccc(C#N)cc2)cc1C(C)C)C(=O)O. The molecule has 0 fully saturated rings. The summed E-state index contributed by atoms with van der Waals surface area (Å²) in [7, 11) is 0. The number of hydrogen-bond acceptors (Lipinski definition) is 5. The van der Waals surface area contributed by atoms with Crippen LogP contribution in [0, 0.1) is 11.3 Å². The first-order valence-electron chi connectivity index (χ1n) is 8.99. The molecule has 0 saturated carbocycles. The van der Waals surface area contributed by atoms with Gasteiger partial charge in [-0.1, -0.05) is 19.9 Å². The van der Waals surface area contributed by atoms with Crippen LogP contribution >= 0.6 is 0 Å². The smallest absolute Gasteiger partial charge is 0.330 e. The van der Waals surface area contributed by atoms with Crippen LogP contribution in [0.2, 0.25) is 0 Å². The van der Waals surface area contributed by atoms with Crippen LogP contribution in [0.1, 0.15) is 44.2 Å². The Kier molecular flexibility index (Phi) is 7.46. The molecule has 2 rings (SSSR count). The lowest BCUT2D eigenvalue weighted by atomic mass is 10.0. The van der Waals surface area contributed by atoms with Gasteiger partial charge in [0.05, 0.1) is 29.6 Å². The molecule has 0 bridgehead atoms. The highest BCUT2D eigenvalue weighted by molar-refractivity contribution is 5.85. The average Bonchev–Trinajstić information content (AvgIpc) is 2.70. The van der Waals surface area contributed by atoms with Crippen LogP contribution in [0.4, 0.5) is 11.4 Å². The van der Waals surface area contributed by atoms with Gasteiger partial charge in [0.2, 0.25) is 0 Å². The molecule has 0 radical (unpaired) electrons. The third-order valence-electron chi connectivity index (χ3n) is 4.06. The minimum atomic E-state index is -0.917. The summed E-state index contributed by atoms with van der Waals surface area (Å²) >= 11 is 0. The Bertz CT molecular complexity index is 923. The number of azo groups is 1. The Labute approximate surface area is 164 Å². The van der Waals surface area contributed by atoms with Crippen molar-refractivity contribution in [1.82, 2.24) is 0 Å². The van der Waals surface area contributed by atoms with E-state index >= 15 is 0 Å². The number of carboxylic acids is 1. The zero-order chi connectivity index (χ0) is 20.5. The number of carboxylic acid groups (broad SMARTS) is 1. The quantitative estimate of drug-likeness (QED) is 0.352. The van der Waals surface area contributed by atoms with Crippen molar-refractivity contribution in [2.24, 2.45) is 10.2 Å². The molecule has 1 N–H and O–H groups in total. The summed E-state index contributed by atoms with van der Waals surface area (Å²) in [4.78, 5) is 10.8. The first kappa shape index (κ1) is 20.8. The van der Waals surface area contributed by atoms with Gasteiger partial charge in [0.25, 0.3) is 0 Å². The number of rotatable bonds is 8. The fraction of sp³-hybridized carbons (Fsp3) is 0.273. The van der Waals surface area contributed by atoms with Gasteiger partial charge in [0.15, 0.2) is 0 Å². The highest BCUT2D eigenvalue weighted by Gasteiger charge is 2.09.